The molecule has 0 bridgehead atoms. The van der Waals surface area contributed by atoms with Crippen LogP contribution in [0.25, 0.3) is 0 Å². The molecule has 1 aromatic heterocycles. The van der Waals surface area contributed by atoms with Crippen molar-refractivity contribution in [2.75, 3.05) is 6.61 Å². The van der Waals surface area contributed by atoms with E-state index in [2.05, 4.69) is 9.72 Å². The minimum atomic E-state index is -4.39. The number of nitrogens with one attached hydrogen (secondary N) is 1. The Morgan fingerprint density at radius 1 is 1.44 bits per heavy atom. The summed E-state index contributed by atoms with van der Waals surface area (Å²) in [4.78, 5) is 24.4. The Kier molecular flexibility index (Phi) is 3.70. The Bertz CT molecular complexity index is 424. The van der Waals surface area contributed by atoms with E-state index in [-0.39, 0.29) is 5.56 Å². The molecule has 0 saturated heterocycles. The Morgan fingerprint density at radius 2 is 2.12 bits per heavy atom. The third kappa shape index (κ3) is 3.76. The molecule has 1 heterocycles. The van der Waals surface area contributed by atoms with Crippen molar-refractivity contribution in [1.82, 2.24) is 4.98 Å². The van der Waals surface area contributed by atoms with E-state index in [0.717, 1.165) is 0 Å². The largest absolute Gasteiger partial charge is 0.462 e. The number of aromatic nitrogens is 1. The fourth-order valence-corrected chi connectivity index (χ4v) is 0.920. The molecule has 0 fully saturated rings. The Morgan fingerprint density at radius 3 is 2.69 bits per heavy atom. The molecule has 0 aliphatic carbocycles. The van der Waals surface area contributed by atoms with Gasteiger partial charge in [-0.15, -0.1) is 0 Å². The summed E-state index contributed by atoms with van der Waals surface area (Å²) in [7, 11) is 0. The minimum absolute atomic E-state index is 0.315. The summed E-state index contributed by atoms with van der Waals surface area (Å²) in [5.74, 6) is -1.06. The summed E-state index contributed by atoms with van der Waals surface area (Å²) < 4.78 is 39.5. The second kappa shape index (κ2) is 4.82. The lowest BCUT2D eigenvalue weighted by Crippen LogP contribution is -2.21. The average molecular weight is 235 g/mol. The van der Waals surface area contributed by atoms with Gasteiger partial charge in [0.1, 0.15) is 12.2 Å². The van der Waals surface area contributed by atoms with E-state index in [0.29, 0.717) is 0 Å². The van der Waals surface area contributed by atoms with Crippen molar-refractivity contribution in [3.05, 3.63) is 34.2 Å². The highest BCUT2D eigenvalue weighted by molar-refractivity contribution is 5.88. The number of carbonyl (C=O) groups is 1. The standard InChI is InChI=1S/C9H8F3NO3/c10-9(11,12)3-5-16-8(15)6-2-1-4-13-7(6)14/h1-2,4H,3,5H2,(H,13,14). The smallest absolute Gasteiger partial charge is 0.392 e. The Labute approximate surface area is 88.0 Å². The van der Waals surface area contributed by atoms with Gasteiger partial charge in [0.15, 0.2) is 0 Å². The summed E-state index contributed by atoms with van der Waals surface area (Å²) in [6.07, 6.45) is -4.32. The van der Waals surface area contributed by atoms with Crippen molar-refractivity contribution in [3.8, 4) is 0 Å². The van der Waals surface area contributed by atoms with Crippen molar-refractivity contribution >= 4 is 5.97 Å². The fraction of sp³-hybridized carbons (Fsp3) is 0.333. The van der Waals surface area contributed by atoms with Crippen LogP contribution in [-0.2, 0) is 4.74 Å². The van der Waals surface area contributed by atoms with Gasteiger partial charge in [-0.05, 0) is 12.1 Å². The lowest BCUT2D eigenvalue weighted by molar-refractivity contribution is -0.141. The number of alkyl halides is 3. The van der Waals surface area contributed by atoms with Crippen LogP contribution in [0.5, 0.6) is 0 Å². The van der Waals surface area contributed by atoms with Crippen molar-refractivity contribution in [2.45, 2.75) is 12.6 Å². The maximum Gasteiger partial charge on any atom is 0.392 e. The molecule has 88 valence electrons. The van der Waals surface area contributed by atoms with E-state index in [9.17, 15) is 22.8 Å². The summed E-state index contributed by atoms with van der Waals surface area (Å²) in [5, 5.41) is 0. The van der Waals surface area contributed by atoms with E-state index >= 15 is 0 Å². The first-order chi connectivity index (χ1) is 7.40. The quantitative estimate of drug-likeness (QED) is 0.807. The van der Waals surface area contributed by atoms with Crippen molar-refractivity contribution in [2.24, 2.45) is 0 Å². The molecule has 0 unspecified atom stereocenters. The van der Waals surface area contributed by atoms with Crippen LogP contribution in [0, 0.1) is 0 Å². The number of aromatic amines is 1. The van der Waals surface area contributed by atoms with Gasteiger partial charge in [0, 0.05) is 6.20 Å². The maximum absolute atomic E-state index is 11.7. The number of halogens is 3. The fourth-order valence-electron chi connectivity index (χ4n) is 0.920. The van der Waals surface area contributed by atoms with Gasteiger partial charge in [-0.1, -0.05) is 0 Å². The third-order valence-corrected chi connectivity index (χ3v) is 1.66. The number of esters is 1. The van der Waals surface area contributed by atoms with Gasteiger partial charge in [-0.2, -0.15) is 13.2 Å². The zero-order valence-electron chi connectivity index (χ0n) is 8.00. The van der Waals surface area contributed by atoms with E-state index < -0.39 is 30.7 Å². The van der Waals surface area contributed by atoms with E-state index in [1.54, 1.807) is 0 Å². The average Bonchev–Trinajstić information content (AvgIpc) is 2.16. The molecule has 1 rings (SSSR count). The van der Waals surface area contributed by atoms with Gasteiger partial charge in [-0.25, -0.2) is 4.79 Å². The first-order valence-corrected chi connectivity index (χ1v) is 4.32. The molecular formula is C9H8F3NO3. The number of hydrogen-bond acceptors (Lipinski definition) is 3. The van der Waals surface area contributed by atoms with E-state index in [4.69, 9.17) is 0 Å². The lowest BCUT2D eigenvalue weighted by atomic mass is 10.3. The lowest BCUT2D eigenvalue weighted by Gasteiger charge is -2.06. The summed E-state index contributed by atoms with van der Waals surface area (Å²) in [6.45, 7) is -0.795. The first-order valence-electron chi connectivity index (χ1n) is 4.32. The third-order valence-electron chi connectivity index (χ3n) is 1.66. The SMILES string of the molecule is O=C(OCCC(F)(F)F)c1ccc[nH]c1=O. The van der Waals surface area contributed by atoms with Gasteiger partial charge in [0.2, 0.25) is 0 Å². The van der Waals surface area contributed by atoms with Crippen LogP contribution in [0.1, 0.15) is 16.8 Å². The molecule has 0 spiro atoms. The van der Waals surface area contributed by atoms with Gasteiger partial charge in [-0.3, -0.25) is 4.79 Å². The molecule has 0 atom stereocenters. The van der Waals surface area contributed by atoms with Gasteiger partial charge >= 0.3 is 12.1 Å². The topological polar surface area (TPSA) is 59.2 Å². The maximum atomic E-state index is 11.7. The number of rotatable bonds is 3. The molecule has 0 saturated carbocycles. The zero-order chi connectivity index (χ0) is 12.2. The molecule has 0 aliphatic heterocycles. The van der Waals surface area contributed by atoms with Crippen LogP contribution in [0.4, 0.5) is 13.2 Å². The molecule has 0 radical (unpaired) electrons. The molecule has 0 aromatic carbocycles. The summed E-state index contributed by atoms with van der Waals surface area (Å²) in [5.41, 5.74) is -1.01. The van der Waals surface area contributed by atoms with Gasteiger partial charge < -0.3 is 9.72 Å². The molecule has 1 aromatic rings. The van der Waals surface area contributed by atoms with Crippen LogP contribution in [0.2, 0.25) is 0 Å². The molecule has 4 nitrogen and oxygen atoms in total. The van der Waals surface area contributed by atoms with Crippen molar-refractivity contribution in [1.29, 1.82) is 0 Å². The van der Waals surface area contributed by atoms with Crippen molar-refractivity contribution < 1.29 is 22.7 Å². The molecular weight excluding hydrogens is 227 g/mol. The van der Waals surface area contributed by atoms with Crippen LogP contribution < -0.4 is 5.56 Å². The van der Waals surface area contributed by atoms with E-state index in [1.807, 2.05) is 0 Å². The zero-order valence-corrected chi connectivity index (χ0v) is 8.00. The normalized spacial score (nSPS) is 11.2. The summed E-state index contributed by atoms with van der Waals surface area (Å²) >= 11 is 0. The van der Waals surface area contributed by atoms with Crippen LogP contribution >= 0.6 is 0 Å². The first kappa shape index (κ1) is 12.3. The predicted octanol–water partition coefficient (Wildman–Crippen LogP) is 1.48. The van der Waals surface area contributed by atoms with Crippen LogP contribution in [-0.4, -0.2) is 23.7 Å². The number of hydrogen-bond donors (Lipinski definition) is 1. The van der Waals surface area contributed by atoms with Gasteiger partial charge in [0.25, 0.3) is 5.56 Å². The second-order valence-electron chi connectivity index (χ2n) is 2.91. The number of carbonyl (C=O) groups excluding carboxylic acids is 1. The molecule has 0 amide bonds. The van der Waals surface area contributed by atoms with Gasteiger partial charge in [0.05, 0.1) is 6.42 Å². The number of pyridine rings is 1. The highest BCUT2D eigenvalue weighted by atomic mass is 19.4. The number of H-pyrrole nitrogens is 1. The van der Waals surface area contributed by atoms with Crippen LogP contribution in [0.15, 0.2) is 23.1 Å². The summed E-state index contributed by atoms with van der Waals surface area (Å²) in [6, 6.07) is 2.55. The molecule has 7 heteroatoms. The molecule has 16 heavy (non-hydrogen) atoms. The highest BCUT2D eigenvalue weighted by Crippen LogP contribution is 2.19. The molecule has 0 aliphatic rings. The van der Waals surface area contributed by atoms with E-state index in [1.165, 1.54) is 18.3 Å². The Hall–Kier alpha value is -1.79. The minimum Gasteiger partial charge on any atom is -0.462 e. The Balaban J connectivity index is 2.55. The van der Waals surface area contributed by atoms with Crippen LogP contribution in [0.3, 0.4) is 0 Å². The monoisotopic (exact) mass is 235 g/mol. The highest BCUT2D eigenvalue weighted by Gasteiger charge is 2.27. The second-order valence-corrected chi connectivity index (χ2v) is 2.91. The number of ether oxygens (including phenoxy) is 1. The van der Waals surface area contributed by atoms with Crippen molar-refractivity contribution in [3.63, 3.8) is 0 Å². The predicted molar refractivity (Wildman–Crippen MR) is 48.0 cm³/mol. The molecule has 1 N–H and O–H groups in total.